The van der Waals surface area contributed by atoms with Gasteiger partial charge >= 0.3 is 0 Å². The molecular weight excluding hydrogens is 161 g/mol. The summed E-state index contributed by atoms with van der Waals surface area (Å²) in [6.07, 6.45) is 1.90. The molecule has 3 atom stereocenters. The Balaban J connectivity index is 2.38. The highest BCUT2D eigenvalue weighted by molar-refractivity contribution is 7.17. The van der Waals surface area contributed by atoms with Crippen molar-refractivity contribution in [3.8, 4) is 0 Å². The van der Waals surface area contributed by atoms with E-state index in [-0.39, 0.29) is 6.17 Å². The van der Waals surface area contributed by atoms with E-state index >= 15 is 0 Å². The highest BCUT2D eigenvalue weighted by Crippen LogP contribution is 2.23. The summed E-state index contributed by atoms with van der Waals surface area (Å²) in [5.41, 5.74) is 6.23. The van der Waals surface area contributed by atoms with Crippen molar-refractivity contribution in [2.45, 2.75) is 24.7 Å². The van der Waals surface area contributed by atoms with Gasteiger partial charge in [-0.3, -0.25) is 0 Å². The summed E-state index contributed by atoms with van der Waals surface area (Å²) in [4.78, 5) is 0. The molecule has 0 bridgehead atoms. The minimum Gasteiger partial charge on any atom is -0.309 e. The predicted molar refractivity (Wildman–Crippen MR) is 42.9 cm³/mol. The Kier molecular flexibility index (Phi) is 1.62. The maximum Gasteiger partial charge on any atom is 0.153 e. The van der Waals surface area contributed by atoms with Crippen molar-refractivity contribution in [1.82, 2.24) is 20.2 Å². The molecule has 60 valence electrons. The van der Waals surface area contributed by atoms with Gasteiger partial charge in [0.15, 0.2) is 5.82 Å². The lowest BCUT2D eigenvalue weighted by molar-refractivity contribution is 0.378. The molecule has 3 unspecified atom stereocenters. The molecule has 5 nitrogen and oxygen atoms in total. The van der Waals surface area contributed by atoms with E-state index in [0.717, 1.165) is 18.7 Å². The number of tetrazole rings is 1. The third-order valence-electron chi connectivity index (χ3n) is 1.98. The second kappa shape index (κ2) is 2.50. The van der Waals surface area contributed by atoms with E-state index < -0.39 is 0 Å². The van der Waals surface area contributed by atoms with Crippen LogP contribution < -0.4 is 5.73 Å². The number of nitrogens with two attached hydrogens (primary N) is 1. The van der Waals surface area contributed by atoms with E-state index in [0.29, 0.717) is 5.66 Å². The monoisotopic (exact) mass is 171 g/mol. The number of aryl methyl sites for hydroxylation is 1. The van der Waals surface area contributed by atoms with Crippen molar-refractivity contribution in [3.63, 3.8) is 0 Å². The lowest BCUT2D eigenvalue weighted by Gasteiger charge is -2.24. The van der Waals surface area contributed by atoms with Crippen LogP contribution in [0.2, 0.25) is 0 Å². The lowest BCUT2D eigenvalue weighted by atomic mass is 10.1. The number of hydrogen-bond acceptors (Lipinski definition) is 4. The second-order valence-electron chi connectivity index (χ2n) is 2.73. The lowest BCUT2D eigenvalue weighted by Crippen LogP contribution is -2.34. The summed E-state index contributed by atoms with van der Waals surface area (Å²) in [7, 11) is 2.72. The zero-order valence-corrected chi connectivity index (χ0v) is 7.17. The van der Waals surface area contributed by atoms with E-state index in [1.807, 2.05) is 0 Å². The van der Waals surface area contributed by atoms with E-state index in [9.17, 15) is 0 Å². The minimum atomic E-state index is -0.0706. The molecule has 0 radical (unpaired) electrons. The van der Waals surface area contributed by atoms with Crippen LogP contribution in [0.4, 0.5) is 0 Å². The topological polar surface area (TPSA) is 69.6 Å². The van der Waals surface area contributed by atoms with Crippen LogP contribution in [0, 0.1) is 0 Å². The van der Waals surface area contributed by atoms with Crippen molar-refractivity contribution in [1.29, 1.82) is 0 Å². The summed E-state index contributed by atoms with van der Waals surface area (Å²) >= 11 is 0. The van der Waals surface area contributed by atoms with Crippen LogP contribution in [0.5, 0.6) is 0 Å². The quantitative estimate of drug-likeness (QED) is 0.525. The van der Waals surface area contributed by atoms with Crippen LogP contribution in [0.1, 0.15) is 18.4 Å². The summed E-state index contributed by atoms with van der Waals surface area (Å²) in [6, 6.07) is 0. The maximum absolute atomic E-state index is 5.83. The number of hydrogen-bond donors (Lipinski definition) is 1. The third kappa shape index (κ3) is 1.04. The van der Waals surface area contributed by atoms with Gasteiger partial charge in [-0.2, -0.15) is 0 Å². The summed E-state index contributed by atoms with van der Waals surface area (Å²) < 4.78 is 1.70. The first-order chi connectivity index (χ1) is 5.29. The van der Waals surface area contributed by atoms with Gasteiger partial charge in [-0.1, -0.05) is 0 Å². The summed E-state index contributed by atoms with van der Waals surface area (Å²) in [5, 5.41) is 11.2. The normalized spacial score (nSPS) is 30.0. The van der Waals surface area contributed by atoms with Crippen LogP contribution in [-0.2, 0) is 6.42 Å². The summed E-state index contributed by atoms with van der Waals surface area (Å²) in [5.74, 6) is 0.899. The Labute approximate surface area is 66.5 Å². The second-order valence-corrected chi connectivity index (χ2v) is 3.59. The Morgan fingerprint density at radius 3 is 3.27 bits per heavy atom. The Bertz CT molecular complexity index is 259. The van der Waals surface area contributed by atoms with Crippen molar-refractivity contribution in [3.05, 3.63) is 5.82 Å². The third-order valence-corrected chi connectivity index (χ3v) is 2.71. The largest absolute Gasteiger partial charge is 0.309 e. The molecule has 0 spiro atoms. The van der Waals surface area contributed by atoms with Crippen LogP contribution in [0.3, 0.4) is 0 Å². The molecule has 6 heteroatoms. The molecular formula is C5H10N5P. The van der Waals surface area contributed by atoms with Crippen LogP contribution >= 0.6 is 9.24 Å². The molecule has 1 aromatic rings. The Morgan fingerprint density at radius 2 is 2.45 bits per heavy atom. The molecule has 0 aromatic carbocycles. The van der Waals surface area contributed by atoms with Gasteiger partial charge in [0.05, 0.1) is 0 Å². The molecule has 11 heavy (non-hydrogen) atoms. The first-order valence-electron chi connectivity index (χ1n) is 3.57. The van der Waals surface area contributed by atoms with Gasteiger partial charge in [-0.05, 0) is 16.8 Å². The maximum atomic E-state index is 5.83. The minimum absolute atomic E-state index is 0.0706. The molecule has 0 fully saturated rings. The van der Waals surface area contributed by atoms with E-state index in [1.165, 1.54) is 0 Å². The van der Waals surface area contributed by atoms with Gasteiger partial charge in [-0.15, -0.1) is 14.3 Å². The van der Waals surface area contributed by atoms with Crippen molar-refractivity contribution < 1.29 is 0 Å². The molecule has 1 aliphatic rings. The SMILES string of the molecule is NC1C(P)CCc2nnnn21. The fourth-order valence-electron chi connectivity index (χ4n) is 1.26. The van der Waals surface area contributed by atoms with Crippen molar-refractivity contribution in [2.75, 3.05) is 0 Å². The number of nitrogens with zero attached hydrogens (tertiary/aromatic N) is 4. The zero-order valence-electron chi connectivity index (χ0n) is 6.01. The molecule has 2 heterocycles. The zero-order chi connectivity index (χ0) is 7.84. The van der Waals surface area contributed by atoms with E-state index in [4.69, 9.17) is 5.73 Å². The average molecular weight is 171 g/mol. The molecule has 2 rings (SSSR count). The van der Waals surface area contributed by atoms with Gasteiger partial charge in [-0.25, -0.2) is 4.68 Å². The smallest absolute Gasteiger partial charge is 0.153 e. The molecule has 1 aromatic heterocycles. The number of aromatic nitrogens is 4. The Morgan fingerprint density at radius 1 is 1.64 bits per heavy atom. The van der Waals surface area contributed by atoms with Crippen LogP contribution in [-0.4, -0.2) is 25.9 Å². The average Bonchev–Trinajstić information content (AvgIpc) is 2.45. The van der Waals surface area contributed by atoms with Gasteiger partial charge in [0.1, 0.15) is 6.17 Å². The van der Waals surface area contributed by atoms with Crippen LogP contribution in [0.25, 0.3) is 0 Å². The van der Waals surface area contributed by atoms with Crippen molar-refractivity contribution in [2.24, 2.45) is 5.73 Å². The number of rotatable bonds is 0. The van der Waals surface area contributed by atoms with E-state index in [2.05, 4.69) is 24.8 Å². The van der Waals surface area contributed by atoms with Gasteiger partial charge in [0, 0.05) is 12.1 Å². The van der Waals surface area contributed by atoms with E-state index in [1.54, 1.807) is 4.68 Å². The van der Waals surface area contributed by atoms with Gasteiger partial charge in [0.2, 0.25) is 0 Å². The molecule has 0 aliphatic carbocycles. The molecule has 0 saturated carbocycles. The van der Waals surface area contributed by atoms with Gasteiger partial charge < -0.3 is 5.73 Å². The first kappa shape index (κ1) is 7.13. The van der Waals surface area contributed by atoms with Crippen molar-refractivity contribution >= 4 is 9.24 Å². The summed E-state index contributed by atoms with van der Waals surface area (Å²) in [6.45, 7) is 0. The predicted octanol–water partition coefficient (Wildman–Crippen LogP) is -0.680. The first-order valence-corrected chi connectivity index (χ1v) is 4.23. The molecule has 2 N–H and O–H groups in total. The van der Waals surface area contributed by atoms with Gasteiger partial charge in [0.25, 0.3) is 0 Å². The highest BCUT2D eigenvalue weighted by Gasteiger charge is 2.24. The molecule has 1 aliphatic heterocycles. The standard InChI is InChI=1S/C5H10N5P/c6-5-3(11)1-2-4-7-8-9-10(4)5/h3,5H,1-2,6,11H2. The number of fused-ring (bicyclic) bond motifs is 1. The highest BCUT2D eigenvalue weighted by atomic mass is 31.0. The van der Waals surface area contributed by atoms with Crippen LogP contribution in [0.15, 0.2) is 0 Å². The fourth-order valence-corrected chi connectivity index (χ4v) is 1.59. The molecule has 0 saturated heterocycles. The Hall–Kier alpha value is -0.540. The molecule has 0 amide bonds. The fraction of sp³-hybridized carbons (Fsp3) is 0.800.